The van der Waals surface area contributed by atoms with Gasteiger partial charge in [0, 0.05) is 43.6 Å². The molecule has 0 unspecified atom stereocenters. The summed E-state index contributed by atoms with van der Waals surface area (Å²) in [5, 5.41) is 5.95. The summed E-state index contributed by atoms with van der Waals surface area (Å²) < 4.78 is 5.02. The van der Waals surface area contributed by atoms with Gasteiger partial charge in [0.05, 0.1) is 6.61 Å². The molecule has 2 N–H and O–H groups in total. The SMILES string of the molecule is CCOC(=O)N1CCC(NC(=O)Nc2ccc(N(CC)CC)cc2C)CC1. The first-order valence-electron chi connectivity index (χ1n) is 9.83. The number of piperidine rings is 1. The summed E-state index contributed by atoms with van der Waals surface area (Å²) in [6.45, 7) is 11.5. The van der Waals surface area contributed by atoms with Gasteiger partial charge in [0.1, 0.15) is 0 Å². The van der Waals surface area contributed by atoms with Crippen molar-refractivity contribution in [3.63, 3.8) is 0 Å². The molecule has 150 valence electrons. The highest BCUT2D eigenvalue weighted by atomic mass is 16.6. The van der Waals surface area contributed by atoms with Crippen LogP contribution in [0.15, 0.2) is 18.2 Å². The molecule has 1 saturated heterocycles. The van der Waals surface area contributed by atoms with Gasteiger partial charge in [-0.05, 0) is 64.3 Å². The molecule has 3 amide bonds. The van der Waals surface area contributed by atoms with E-state index in [1.54, 1.807) is 11.8 Å². The van der Waals surface area contributed by atoms with Gasteiger partial charge in [0.15, 0.2) is 0 Å². The van der Waals surface area contributed by atoms with Gasteiger partial charge >= 0.3 is 12.1 Å². The molecule has 0 aromatic heterocycles. The summed E-state index contributed by atoms with van der Waals surface area (Å²) in [6.07, 6.45) is 1.18. The summed E-state index contributed by atoms with van der Waals surface area (Å²) >= 11 is 0. The van der Waals surface area contributed by atoms with Crippen LogP contribution >= 0.6 is 0 Å². The molecule has 0 radical (unpaired) electrons. The number of carbonyl (C=O) groups is 2. The minimum Gasteiger partial charge on any atom is -0.450 e. The molecule has 7 heteroatoms. The van der Waals surface area contributed by atoms with Crippen LogP contribution in [-0.2, 0) is 4.74 Å². The third-order valence-corrected chi connectivity index (χ3v) is 4.94. The van der Waals surface area contributed by atoms with Crippen molar-refractivity contribution in [2.24, 2.45) is 0 Å². The number of hydrogen-bond acceptors (Lipinski definition) is 4. The van der Waals surface area contributed by atoms with E-state index in [0.717, 1.165) is 42.9 Å². The zero-order chi connectivity index (χ0) is 19.8. The number of nitrogens with zero attached hydrogens (tertiary/aromatic N) is 2. The smallest absolute Gasteiger partial charge is 0.409 e. The second-order valence-electron chi connectivity index (χ2n) is 6.73. The van der Waals surface area contributed by atoms with Crippen molar-refractivity contribution >= 4 is 23.5 Å². The highest BCUT2D eigenvalue weighted by Crippen LogP contribution is 2.22. The number of urea groups is 1. The fraction of sp³-hybridized carbons (Fsp3) is 0.600. The predicted molar refractivity (Wildman–Crippen MR) is 109 cm³/mol. The van der Waals surface area contributed by atoms with Gasteiger partial charge < -0.3 is 25.2 Å². The average molecular weight is 377 g/mol. The van der Waals surface area contributed by atoms with Crippen LogP contribution in [0.25, 0.3) is 0 Å². The molecule has 0 bridgehead atoms. The lowest BCUT2D eigenvalue weighted by Gasteiger charge is -2.31. The molecule has 0 aliphatic carbocycles. The first kappa shape index (κ1) is 20.9. The Morgan fingerprint density at radius 3 is 2.41 bits per heavy atom. The van der Waals surface area contributed by atoms with Crippen molar-refractivity contribution < 1.29 is 14.3 Å². The molecule has 0 spiro atoms. The molecule has 27 heavy (non-hydrogen) atoms. The van der Waals surface area contributed by atoms with Crippen molar-refractivity contribution in [2.45, 2.75) is 46.6 Å². The van der Waals surface area contributed by atoms with Crippen molar-refractivity contribution in [3.05, 3.63) is 23.8 Å². The number of amides is 3. The van der Waals surface area contributed by atoms with Crippen molar-refractivity contribution in [1.82, 2.24) is 10.2 Å². The maximum atomic E-state index is 12.3. The van der Waals surface area contributed by atoms with Crippen molar-refractivity contribution in [3.8, 4) is 0 Å². The second-order valence-corrected chi connectivity index (χ2v) is 6.73. The van der Waals surface area contributed by atoms with Gasteiger partial charge in [0.25, 0.3) is 0 Å². The quantitative estimate of drug-likeness (QED) is 0.796. The Bertz CT molecular complexity index is 638. The predicted octanol–water partition coefficient (Wildman–Crippen LogP) is 3.58. The molecular formula is C20H32N4O3. The molecule has 0 atom stereocenters. The third-order valence-electron chi connectivity index (χ3n) is 4.94. The Kier molecular flexibility index (Phi) is 7.76. The lowest BCUT2D eigenvalue weighted by molar-refractivity contribution is 0.0959. The summed E-state index contributed by atoms with van der Waals surface area (Å²) in [7, 11) is 0. The lowest BCUT2D eigenvalue weighted by Crippen LogP contribution is -2.47. The van der Waals surface area contributed by atoms with E-state index in [4.69, 9.17) is 4.74 Å². The molecule has 7 nitrogen and oxygen atoms in total. The van der Waals surface area contributed by atoms with Crippen LogP contribution in [0.5, 0.6) is 0 Å². The minimum absolute atomic E-state index is 0.0610. The Morgan fingerprint density at radius 2 is 1.85 bits per heavy atom. The largest absolute Gasteiger partial charge is 0.450 e. The van der Waals surface area contributed by atoms with Crippen LogP contribution in [0.3, 0.4) is 0 Å². The molecule has 1 aromatic carbocycles. The Morgan fingerprint density at radius 1 is 1.19 bits per heavy atom. The van der Waals surface area contributed by atoms with Gasteiger partial charge in [-0.3, -0.25) is 0 Å². The van der Waals surface area contributed by atoms with E-state index in [1.165, 1.54) is 0 Å². The van der Waals surface area contributed by atoms with Gasteiger partial charge in [-0.25, -0.2) is 9.59 Å². The summed E-state index contributed by atoms with van der Waals surface area (Å²) in [4.78, 5) is 28.0. The highest BCUT2D eigenvalue weighted by molar-refractivity contribution is 5.90. The number of carbonyl (C=O) groups excluding carboxylic acids is 2. The third kappa shape index (κ3) is 5.77. The average Bonchev–Trinajstić information content (AvgIpc) is 2.65. The highest BCUT2D eigenvalue weighted by Gasteiger charge is 2.24. The molecule has 1 fully saturated rings. The van der Waals surface area contributed by atoms with Gasteiger partial charge in [-0.15, -0.1) is 0 Å². The van der Waals surface area contributed by atoms with Crippen LogP contribution in [-0.4, -0.2) is 55.9 Å². The van der Waals surface area contributed by atoms with Gasteiger partial charge in [-0.2, -0.15) is 0 Å². The van der Waals surface area contributed by atoms with Crippen LogP contribution in [0.2, 0.25) is 0 Å². The molecule has 1 aliphatic rings. The Labute approximate surface area is 162 Å². The van der Waals surface area contributed by atoms with Gasteiger partial charge in [0.2, 0.25) is 0 Å². The molecular weight excluding hydrogens is 344 g/mol. The fourth-order valence-electron chi connectivity index (χ4n) is 3.34. The van der Waals surface area contributed by atoms with Crippen molar-refractivity contribution in [2.75, 3.05) is 43.0 Å². The zero-order valence-electron chi connectivity index (χ0n) is 16.9. The number of hydrogen-bond donors (Lipinski definition) is 2. The van der Waals surface area contributed by atoms with E-state index in [9.17, 15) is 9.59 Å². The van der Waals surface area contributed by atoms with Crippen LogP contribution in [0, 0.1) is 6.92 Å². The Balaban J connectivity index is 1.85. The zero-order valence-corrected chi connectivity index (χ0v) is 16.9. The van der Waals surface area contributed by atoms with Crippen LogP contribution in [0.1, 0.15) is 39.2 Å². The molecule has 1 aromatic rings. The number of aryl methyl sites for hydroxylation is 1. The van der Waals surface area contributed by atoms with E-state index in [1.807, 2.05) is 19.1 Å². The summed E-state index contributed by atoms with van der Waals surface area (Å²) in [6, 6.07) is 5.94. The molecule has 1 heterocycles. The van der Waals surface area contributed by atoms with E-state index >= 15 is 0 Å². The van der Waals surface area contributed by atoms with E-state index in [0.29, 0.717) is 19.7 Å². The summed E-state index contributed by atoms with van der Waals surface area (Å²) in [5.41, 5.74) is 3.01. The van der Waals surface area contributed by atoms with Crippen LogP contribution in [0.4, 0.5) is 21.0 Å². The number of rotatable bonds is 6. The van der Waals surface area contributed by atoms with E-state index < -0.39 is 0 Å². The number of benzene rings is 1. The minimum atomic E-state index is -0.274. The lowest BCUT2D eigenvalue weighted by atomic mass is 10.1. The number of nitrogens with one attached hydrogen (secondary N) is 2. The van der Waals surface area contributed by atoms with Crippen molar-refractivity contribution in [1.29, 1.82) is 0 Å². The normalized spacial score (nSPS) is 14.6. The second kappa shape index (κ2) is 10.0. The molecule has 2 rings (SSSR count). The maximum Gasteiger partial charge on any atom is 0.409 e. The number of anilines is 2. The van der Waals surface area contributed by atoms with E-state index in [2.05, 4.69) is 35.4 Å². The standard InChI is InChI=1S/C20H32N4O3/c1-5-23(6-2)17-8-9-18(15(4)14-17)22-19(25)21-16-10-12-24(13-11-16)20(26)27-7-3/h8-9,14,16H,5-7,10-13H2,1-4H3,(H2,21,22,25). The number of likely N-dealkylation sites (tertiary alicyclic amines) is 1. The Hall–Kier alpha value is -2.44. The van der Waals surface area contributed by atoms with E-state index in [-0.39, 0.29) is 18.2 Å². The molecule has 0 saturated carbocycles. The fourth-order valence-corrected chi connectivity index (χ4v) is 3.34. The summed E-state index contributed by atoms with van der Waals surface area (Å²) in [5.74, 6) is 0. The maximum absolute atomic E-state index is 12.3. The monoisotopic (exact) mass is 376 g/mol. The van der Waals surface area contributed by atoms with Crippen LogP contribution < -0.4 is 15.5 Å². The van der Waals surface area contributed by atoms with Gasteiger partial charge in [-0.1, -0.05) is 0 Å². The number of ether oxygens (including phenoxy) is 1. The topological polar surface area (TPSA) is 73.9 Å². The first-order valence-corrected chi connectivity index (χ1v) is 9.83. The molecule has 1 aliphatic heterocycles. The first-order chi connectivity index (χ1) is 13.0.